The minimum atomic E-state index is 0.657. The molecule has 4 nitrogen and oxygen atoms in total. The lowest BCUT2D eigenvalue weighted by molar-refractivity contribution is 0.669. The molecule has 0 saturated carbocycles. The summed E-state index contributed by atoms with van der Waals surface area (Å²) in [4.78, 5) is 15.8. The maximum absolute atomic E-state index is 6.36. The van der Waals surface area contributed by atoms with E-state index in [0.717, 1.165) is 82.9 Å². The number of rotatable bonds is 4. The lowest BCUT2D eigenvalue weighted by atomic mass is 9.95. The van der Waals surface area contributed by atoms with E-state index in [4.69, 9.17) is 19.4 Å². The second-order valence-electron chi connectivity index (χ2n) is 13.2. The topological polar surface area (TPSA) is 51.8 Å². The van der Waals surface area contributed by atoms with E-state index in [-0.39, 0.29) is 0 Å². The first kappa shape index (κ1) is 29.1. The van der Waals surface area contributed by atoms with Crippen molar-refractivity contribution >= 4 is 75.1 Å². The van der Waals surface area contributed by atoms with Gasteiger partial charge in [-0.05, 0) is 42.5 Å². The SMILES string of the molecule is c1ccc(-c2cc(-c3ccc4c(c3)sc3ccccc34)nc(-c3ccc4c(c3)nc(-c3ccccc3)c3ccc5oc6ccccc6c5c34)n2)cc1. The molecule has 0 spiro atoms. The molecule has 0 radical (unpaired) electrons. The molecule has 0 fully saturated rings. The Morgan fingerprint density at radius 3 is 1.88 bits per heavy atom. The Bertz CT molecular complexity index is 3180. The molecule has 0 amide bonds. The van der Waals surface area contributed by atoms with E-state index >= 15 is 0 Å². The Labute approximate surface area is 302 Å². The summed E-state index contributed by atoms with van der Waals surface area (Å²) in [5.74, 6) is 0.657. The number of nitrogens with zero attached hydrogens (tertiary/aromatic N) is 3. The van der Waals surface area contributed by atoms with Gasteiger partial charge in [0.15, 0.2) is 5.82 Å². The third-order valence-electron chi connectivity index (χ3n) is 10.1. The van der Waals surface area contributed by atoms with Crippen molar-refractivity contribution in [3.05, 3.63) is 164 Å². The molecular weight excluding hydrogens is 655 g/mol. The van der Waals surface area contributed by atoms with Crippen LogP contribution < -0.4 is 0 Å². The van der Waals surface area contributed by atoms with Gasteiger partial charge in [-0.15, -0.1) is 11.3 Å². The van der Waals surface area contributed by atoms with Gasteiger partial charge in [0.05, 0.1) is 22.6 Å². The second-order valence-corrected chi connectivity index (χ2v) is 14.2. The fourth-order valence-corrected chi connectivity index (χ4v) is 8.78. The molecule has 52 heavy (non-hydrogen) atoms. The Hall–Kier alpha value is -6.69. The summed E-state index contributed by atoms with van der Waals surface area (Å²) in [6.45, 7) is 0. The molecule has 0 aliphatic heterocycles. The molecule has 4 aromatic heterocycles. The van der Waals surface area contributed by atoms with Crippen molar-refractivity contribution < 1.29 is 4.42 Å². The number of furan rings is 1. The Balaban J connectivity index is 1.16. The van der Waals surface area contributed by atoms with E-state index in [1.807, 2.05) is 35.6 Å². The molecule has 0 N–H and O–H groups in total. The highest BCUT2D eigenvalue weighted by Crippen LogP contribution is 2.42. The van der Waals surface area contributed by atoms with Crippen molar-refractivity contribution in [2.75, 3.05) is 0 Å². The molecule has 7 aromatic carbocycles. The number of para-hydroxylation sites is 1. The number of thiophene rings is 1. The third kappa shape index (κ3) is 4.57. The van der Waals surface area contributed by atoms with Gasteiger partial charge in [-0.1, -0.05) is 121 Å². The lowest BCUT2D eigenvalue weighted by Gasteiger charge is -2.13. The van der Waals surface area contributed by atoms with Gasteiger partial charge in [-0.2, -0.15) is 0 Å². The number of hydrogen-bond donors (Lipinski definition) is 0. The fraction of sp³-hybridized carbons (Fsp3) is 0. The van der Waals surface area contributed by atoms with Crippen LogP contribution in [0.1, 0.15) is 0 Å². The normalized spacial score (nSPS) is 11.8. The first-order chi connectivity index (χ1) is 25.7. The summed E-state index contributed by atoms with van der Waals surface area (Å²) in [6, 6.07) is 57.1. The van der Waals surface area contributed by atoms with Crippen LogP contribution in [-0.4, -0.2) is 15.0 Å². The summed E-state index contributed by atoms with van der Waals surface area (Å²) in [5, 5.41) is 8.04. The summed E-state index contributed by atoms with van der Waals surface area (Å²) in [5.41, 5.74) is 9.38. The van der Waals surface area contributed by atoms with Crippen LogP contribution >= 0.6 is 11.3 Å². The highest BCUT2D eigenvalue weighted by molar-refractivity contribution is 7.25. The Kier molecular flexibility index (Phi) is 6.39. The zero-order valence-corrected chi connectivity index (χ0v) is 28.6. The smallest absolute Gasteiger partial charge is 0.160 e. The maximum Gasteiger partial charge on any atom is 0.160 e. The molecule has 0 saturated heterocycles. The maximum atomic E-state index is 6.36. The average molecular weight is 682 g/mol. The van der Waals surface area contributed by atoms with Gasteiger partial charge in [-0.3, -0.25) is 0 Å². The van der Waals surface area contributed by atoms with Gasteiger partial charge >= 0.3 is 0 Å². The molecule has 0 unspecified atom stereocenters. The molecular formula is C47H27N3OS. The van der Waals surface area contributed by atoms with Gasteiger partial charge in [0.2, 0.25) is 0 Å². The number of fused-ring (bicyclic) bond motifs is 10. The number of hydrogen-bond acceptors (Lipinski definition) is 5. The zero-order chi connectivity index (χ0) is 34.2. The minimum Gasteiger partial charge on any atom is -0.456 e. The third-order valence-corrected chi connectivity index (χ3v) is 11.2. The van der Waals surface area contributed by atoms with Crippen molar-refractivity contribution in [1.82, 2.24) is 15.0 Å². The molecule has 0 bridgehead atoms. The fourth-order valence-electron chi connectivity index (χ4n) is 7.63. The molecule has 242 valence electrons. The monoisotopic (exact) mass is 681 g/mol. The Morgan fingerprint density at radius 2 is 1.04 bits per heavy atom. The zero-order valence-electron chi connectivity index (χ0n) is 27.7. The molecule has 11 rings (SSSR count). The van der Waals surface area contributed by atoms with Crippen LogP contribution in [0.4, 0.5) is 0 Å². The predicted octanol–water partition coefficient (Wildman–Crippen LogP) is 13.1. The van der Waals surface area contributed by atoms with Gasteiger partial charge in [-0.25, -0.2) is 15.0 Å². The molecule has 0 atom stereocenters. The summed E-state index contributed by atoms with van der Waals surface area (Å²) in [7, 11) is 0. The molecule has 5 heteroatoms. The van der Waals surface area contributed by atoms with E-state index < -0.39 is 0 Å². The molecule has 0 aliphatic carbocycles. The highest BCUT2D eigenvalue weighted by atomic mass is 32.1. The van der Waals surface area contributed by atoms with Crippen LogP contribution in [0, 0.1) is 0 Å². The lowest BCUT2D eigenvalue weighted by Crippen LogP contribution is -1.97. The van der Waals surface area contributed by atoms with Crippen LogP contribution in [0.2, 0.25) is 0 Å². The van der Waals surface area contributed by atoms with Crippen LogP contribution in [0.5, 0.6) is 0 Å². The molecule has 0 aliphatic rings. The van der Waals surface area contributed by atoms with E-state index in [1.54, 1.807) is 0 Å². The van der Waals surface area contributed by atoms with E-state index in [9.17, 15) is 0 Å². The van der Waals surface area contributed by atoms with E-state index in [0.29, 0.717) is 5.82 Å². The average Bonchev–Trinajstić information content (AvgIpc) is 3.79. The van der Waals surface area contributed by atoms with E-state index in [1.165, 1.54) is 20.2 Å². The summed E-state index contributed by atoms with van der Waals surface area (Å²) < 4.78 is 8.89. The van der Waals surface area contributed by atoms with Crippen LogP contribution in [0.3, 0.4) is 0 Å². The van der Waals surface area contributed by atoms with Crippen molar-refractivity contribution in [1.29, 1.82) is 0 Å². The summed E-state index contributed by atoms with van der Waals surface area (Å²) >= 11 is 1.82. The van der Waals surface area contributed by atoms with Crippen LogP contribution in [-0.2, 0) is 0 Å². The number of aromatic nitrogens is 3. The van der Waals surface area contributed by atoms with Crippen LogP contribution in [0.15, 0.2) is 168 Å². The second kappa shape index (κ2) is 11.4. The number of benzene rings is 7. The highest BCUT2D eigenvalue weighted by Gasteiger charge is 2.19. The summed E-state index contributed by atoms with van der Waals surface area (Å²) in [6.07, 6.45) is 0. The minimum absolute atomic E-state index is 0.657. The molecule has 4 heterocycles. The van der Waals surface area contributed by atoms with Gasteiger partial charge in [0.25, 0.3) is 0 Å². The first-order valence-electron chi connectivity index (χ1n) is 17.3. The van der Waals surface area contributed by atoms with Crippen molar-refractivity contribution in [2.24, 2.45) is 0 Å². The van der Waals surface area contributed by atoms with Gasteiger partial charge in [0, 0.05) is 69.4 Å². The largest absolute Gasteiger partial charge is 0.456 e. The molecule has 11 aromatic rings. The van der Waals surface area contributed by atoms with Gasteiger partial charge in [0.1, 0.15) is 11.2 Å². The Morgan fingerprint density at radius 1 is 0.385 bits per heavy atom. The first-order valence-corrected chi connectivity index (χ1v) is 18.2. The number of pyridine rings is 1. The predicted molar refractivity (Wildman–Crippen MR) is 217 cm³/mol. The quantitative estimate of drug-likeness (QED) is 0.174. The van der Waals surface area contributed by atoms with Crippen molar-refractivity contribution in [3.8, 4) is 45.2 Å². The van der Waals surface area contributed by atoms with Gasteiger partial charge < -0.3 is 4.42 Å². The van der Waals surface area contributed by atoms with Crippen molar-refractivity contribution in [2.45, 2.75) is 0 Å². The van der Waals surface area contributed by atoms with Crippen molar-refractivity contribution in [3.63, 3.8) is 0 Å². The van der Waals surface area contributed by atoms with Crippen LogP contribution in [0.25, 0.3) is 109 Å². The van der Waals surface area contributed by atoms with E-state index in [2.05, 4.69) is 140 Å². The standard InChI is InChI=1S/C47H27N3OS/c1-3-11-28(12-4-1)37-27-38(30-19-21-33-32-15-8-10-18-42(32)52-43(33)26-30)50-47(49-37)31-20-22-34-39(25-31)48-46(29-13-5-2-6-14-29)36-23-24-41-45(44(34)36)35-16-7-9-17-40(35)51-41/h1-27H.